The molecule has 0 bridgehead atoms. The lowest BCUT2D eigenvalue weighted by Gasteiger charge is -2.22. The predicted molar refractivity (Wildman–Crippen MR) is 81.2 cm³/mol. The zero-order valence-corrected chi connectivity index (χ0v) is 12.5. The summed E-state index contributed by atoms with van der Waals surface area (Å²) in [5, 5.41) is 0. The fourth-order valence-electron chi connectivity index (χ4n) is 2.87. The van der Waals surface area contributed by atoms with Gasteiger partial charge in [-0.15, -0.1) is 0 Å². The predicted octanol–water partition coefficient (Wildman–Crippen LogP) is 3.36. The molecule has 2 rings (SSSR count). The van der Waals surface area contributed by atoms with Crippen molar-refractivity contribution in [3.63, 3.8) is 0 Å². The minimum atomic E-state index is 0.0657. The summed E-state index contributed by atoms with van der Waals surface area (Å²) in [7, 11) is 0. The smallest absolute Gasteiger partial charge is 0.128 e. The van der Waals surface area contributed by atoms with Crippen molar-refractivity contribution in [2.75, 3.05) is 18.0 Å². The molecule has 0 aliphatic carbocycles. The molecule has 19 heavy (non-hydrogen) atoms. The molecule has 0 spiro atoms. The number of hydrogen-bond acceptors (Lipinski definition) is 3. The van der Waals surface area contributed by atoms with E-state index in [0.29, 0.717) is 0 Å². The molecule has 0 aromatic carbocycles. The number of nitrogens with zero attached hydrogens (tertiary/aromatic N) is 2. The van der Waals surface area contributed by atoms with Crippen molar-refractivity contribution in [2.45, 2.75) is 46.1 Å². The number of pyridine rings is 1. The van der Waals surface area contributed by atoms with Crippen molar-refractivity contribution in [2.24, 2.45) is 17.6 Å². The second-order valence-electron chi connectivity index (χ2n) is 6.16. The highest BCUT2D eigenvalue weighted by Gasteiger charge is 2.20. The molecule has 2 heterocycles. The van der Waals surface area contributed by atoms with E-state index < -0.39 is 0 Å². The lowest BCUT2D eigenvalue weighted by molar-refractivity contribution is 0.351. The van der Waals surface area contributed by atoms with E-state index in [2.05, 4.69) is 35.9 Å². The van der Waals surface area contributed by atoms with Crippen LogP contribution in [-0.2, 0) is 0 Å². The molecule has 1 aliphatic heterocycles. The van der Waals surface area contributed by atoms with E-state index in [1.807, 2.05) is 13.1 Å². The molecule has 0 amide bonds. The number of rotatable bonds is 3. The van der Waals surface area contributed by atoms with Crippen molar-refractivity contribution in [3.8, 4) is 0 Å². The van der Waals surface area contributed by atoms with Crippen LogP contribution in [0.5, 0.6) is 0 Å². The van der Waals surface area contributed by atoms with Crippen LogP contribution in [0.2, 0.25) is 0 Å². The van der Waals surface area contributed by atoms with Gasteiger partial charge in [-0.1, -0.05) is 19.9 Å². The first-order chi connectivity index (χ1) is 9.08. The molecule has 3 heteroatoms. The summed E-state index contributed by atoms with van der Waals surface area (Å²) in [6.07, 6.45) is 5.84. The lowest BCUT2D eigenvalue weighted by Crippen LogP contribution is -2.25. The molecule has 106 valence electrons. The van der Waals surface area contributed by atoms with E-state index in [1.54, 1.807) is 0 Å². The highest BCUT2D eigenvalue weighted by molar-refractivity contribution is 5.39. The topological polar surface area (TPSA) is 42.1 Å². The standard InChI is InChI=1S/C16H27N3/c1-12(2)14-5-4-9-19(10-8-14)16-7-6-15(11-18-16)13(3)17/h6-7,11-14H,4-5,8-10,17H2,1-3H3. The van der Waals surface area contributed by atoms with Gasteiger partial charge in [0.2, 0.25) is 0 Å². The Kier molecular flexibility index (Phi) is 4.81. The van der Waals surface area contributed by atoms with Gasteiger partial charge in [0, 0.05) is 25.3 Å². The Balaban J connectivity index is 2.01. The third-order valence-corrected chi connectivity index (χ3v) is 4.34. The fourth-order valence-corrected chi connectivity index (χ4v) is 2.87. The monoisotopic (exact) mass is 261 g/mol. The molecule has 2 unspecified atom stereocenters. The molecule has 2 atom stereocenters. The highest BCUT2D eigenvalue weighted by Crippen LogP contribution is 2.26. The van der Waals surface area contributed by atoms with E-state index in [9.17, 15) is 0 Å². The second-order valence-corrected chi connectivity index (χ2v) is 6.16. The fraction of sp³-hybridized carbons (Fsp3) is 0.688. The second kappa shape index (κ2) is 6.38. The molecule has 1 fully saturated rings. The Hall–Kier alpha value is -1.09. The zero-order chi connectivity index (χ0) is 13.8. The average molecular weight is 261 g/mol. The van der Waals surface area contributed by atoms with Gasteiger partial charge in [0.25, 0.3) is 0 Å². The van der Waals surface area contributed by atoms with Gasteiger partial charge in [0.15, 0.2) is 0 Å². The minimum absolute atomic E-state index is 0.0657. The van der Waals surface area contributed by atoms with Crippen LogP contribution in [0.4, 0.5) is 5.82 Å². The molecular weight excluding hydrogens is 234 g/mol. The Labute approximate surface area is 117 Å². The maximum absolute atomic E-state index is 5.87. The molecule has 1 aliphatic rings. The molecule has 0 saturated carbocycles. The Morgan fingerprint density at radius 1 is 1.21 bits per heavy atom. The van der Waals surface area contributed by atoms with E-state index >= 15 is 0 Å². The van der Waals surface area contributed by atoms with Crippen LogP contribution >= 0.6 is 0 Å². The number of nitrogens with two attached hydrogens (primary N) is 1. The van der Waals surface area contributed by atoms with Gasteiger partial charge in [0.1, 0.15) is 5.82 Å². The molecule has 2 N–H and O–H groups in total. The van der Waals surface area contributed by atoms with Crippen molar-refractivity contribution < 1.29 is 0 Å². The van der Waals surface area contributed by atoms with Crippen molar-refractivity contribution >= 4 is 5.82 Å². The van der Waals surface area contributed by atoms with E-state index in [1.165, 1.54) is 19.3 Å². The minimum Gasteiger partial charge on any atom is -0.357 e. The summed E-state index contributed by atoms with van der Waals surface area (Å²) in [5.41, 5.74) is 6.97. The summed E-state index contributed by atoms with van der Waals surface area (Å²) >= 11 is 0. The molecular formula is C16H27N3. The highest BCUT2D eigenvalue weighted by atomic mass is 15.2. The zero-order valence-electron chi connectivity index (χ0n) is 12.5. The third kappa shape index (κ3) is 3.69. The summed E-state index contributed by atoms with van der Waals surface area (Å²) in [6.45, 7) is 8.95. The van der Waals surface area contributed by atoms with Crippen LogP contribution in [0, 0.1) is 11.8 Å². The first-order valence-electron chi connectivity index (χ1n) is 7.54. The van der Waals surface area contributed by atoms with Crippen LogP contribution < -0.4 is 10.6 Å². The van der Waals surface area contributed by atoms with Crippen LogP contribution in [0.1, 0.15) is 51.6 Å². The Bertz CT molecular complexity index is 383. The molecule has 0 radical (unpaired) electrons. The molecule has 1 aromatic heterocycles. The summed E-state index contributed by atoms with van der Waals surface area (Å²) in [6, 6.07) is 4.29. The Morgan fingerprint density at radius 2 is 2.00 bits per heavy atom. The van der Waals surface area contributed by atoms with Gasteiger partial charge in [-0.3, -0.25) is 0 Å². The SMILES string of the molecule is CC(N)c1ccc(N2CCCC(C(C)C)CC2)nc1. The van der Waals surface area contributed by atoms with Crippen molar-refractivity contribution in [1.29, 1.82) is 0 Å². The molecule has 1 saturated heterocycles. The van der Waals surface area contributed by atoms with Crippen LogP contribution in [0.25, 0.3) is 0 Å². The van der Waals surface area contributed by atoms with E-state index in [4.69, 9.17) is 5.73 Å². The largest absolute Gasteiger partial charge is 0.357 e. The van der Waals surface area contributed by atoms with Gasteiger partial charge < -0.3 is 10.6 Å². The number of aromatic nitrogens is 1. The van der Waals surface area contributed by atoms with Gasteiger partial charge in [0.05, 0.1) is 0 Å². The first kappa shape index (κ1) is 14.3. The maximum atomic E-state index is 5.87. The normalized spacial score (nSPS) is 22.4. The van der Waals surface area contributed by atoms with Gasteiger partial charge in [-0.05, 0) is 49.7 Å². The van der Waals surface area contributed by atoms with Crippen molar-refractivity contribution in [3.05, 3.63) is 23.9 Å². The van der Waals surface area contributed by atoms with Gasteiger partial charge in [-0.2, -0.15) is 0 Å². The van der Waals surface area contributed by atoms with Gasteiger partial charge >= 0.3 is 0 Å². The van der Waals surface area contributed by atoms with Crippen LogP contribution in [0.3, 0.4) is 0 Å². The first-order valence-corrected chi connectivity index (χ1v) is 7.54. The van der Waals surface area contributed by atoms with E-state index in [0.717, 1.165) is 36.3 Å². The average Bonchev–Trinajstić information content (AvgIpc) is 2.64. The quantitative estimate of drug-likeness (QED) is 0.907. The van der Waals surface area contributed by atoms with Crippen LogP contribution in [-0.4, -0.2) is 18.1 Å². The molecule has 3 nitrogen and oxygen atoms in total. The number of hydrogen-bond donors (Lipinski definition) is 1. The Morgan fingerprint density at radius 3 is 2.58 bits per heavy atom. The maximum Gasteiger partial charge on any atom is 0.128 e. The summed E-state index contributed by atoms with van der Waals surface area (Å²) in [5.74, 6) is 2.77. The van der Waals surface area contributed by atoms with Gasteiger partial charge in [-0.25, -0.2) is 4.98 Å². The summed E-state index contributed by atoms with van der Waals surface area (Å²) in [4.78, 5) is 7.01. The molecule has 1 aromatic rings. The van der Waals surface area contributed by atoms with Crippen molar-refractivity contribution in [1.82, 2.24) is 4.98 Å². The lowest BCUT2D eigenvalue weighted by atomic mass is 9.89. The third-order valence-electron chi connectivity index (χ3n) is 4.34. The number of anilines is 1. The summed E-state index contributed by atoms with van der Waals surface area (Å²) < 4.78 is 0. The van der Waals surface area contributed by atoms with E-state index in [-0.39, 0.29) is 6.04 Å². The van der Waals surface area contributed by atoms with Crippen LogP contribution in [0.15, 0.2) is 18.3 Å².